The molecule has 0 atom stereocenters. The lowest BCUT2D eigenvalue weighted by molar-refractivity contribution is -0.126. The Hall–Kier alpha value is -1.06. The summed E-state index contributed by atoms with van der Waals surface area (Å²) in [5.74, 6) is 0.0262. The van der Waals surface area contributed by atoms with Crippen molar-refractivity contribution < 1.29 is 4.79 Å². The van der Waals surface area contributed by atoms with Crippen LogP contribution in [0.3, 0.4) is 0 Å². The third-order valence-electron chi connectivity index (χ3n) is 2.80. The van der Waals surface area contributed by atoms with E-state index in [2.05, 4.69) is 10.6 Å². The first-order valence-electron chi connectivity index (χ1n) is 6.23. The summed E-state index contributed by atoms with van der Waals surface area (Å²) in [6, 6.07) is 7.68. The minimum absolute atomic E-state index is 0.0262. The molecule has 0 saturated heterocycles. The molecule has 0 saturated carbocycles. The lowest BCUT2D eigenvalue weighted by Gasteiger charge is -2.24. The number of benzene rings is 1. The molecule has 0 fully saturated rings. The molecule has 1 aromatic carbocycles. The van der Waals surface area contributed by atoms with Crippen LogP contribution in [-0.4, -0.2) is 24.5 Å². The highest BCUT2D eigenvalue weighted by molar-refractivity contribution is 6.30. The van der Waals surface area contributed by atoms with Gasteiger partial charge in [-0.05, 0) is 44.5 Å². The maximum absolute atomic E-state index is 11.9. The molecule has 0 aliphatic heterocycles. The Labute approximate surface area is 114 Å². The molecule has 0 radical (unpaired) electrons. The van der Waals surface area contributed by atoms with Crippen molar-refractivity contribution in [3.8, 4) is 0 Å². The molecule has 1 rings (SSSR count). The van der Waals surface area contributed by atoms with E-state index in [1.54, 1.807) is 0 Å². The molecule has 4 heteroatoms. The summed E-state index contributed by atoms with van der Waals surface area (Å²) in [5, 5.41) is 6.82. The van der Waals surface area contributed by atoms with Gasteiger partial charge in [-0.25, -0.2) is 0 Å². The topological polar surface area (TPSA) is 41.1 Å². The molecule has 1 aromatic rings. The molecule has 0 spiro atoms. The fourth-order valence-electron chi connectivity index (χ4n) is 1.71. The molecule has 0 aliphatic rings. The highest BCUT2D eigenvalue weighted by Crippen LogP contribution is 2.09. The SMILES string of the molecule is CCNC(C)(C)C(=O)NCCc1ccc(Cl)cc1. The lowest BCUT2D eigenvalue weighted by atomic mass is 10.0. The smallest absolute Gasteiger partial charge is 0.239 e. The Morgan fingerprint density at radius 2 is 1.89 bits per heavy atom. The Morgan fingerprint density at radius 3 is 2.44 bits per heavy atom. The van der Waals surface area contributed by atoms with Gasteiger partial charge in [0.2, 0.25) is 5.91 Å². The van der Waals surface area contributed by atoms with Crippen LogP contribution in [0, 0.1) is 0 Å². The summed E-state index contributed by atoms with van der Waals surface area (Å²) in [6.07, 6.45) is 0.811. The van der Waals surface area contributed by atoms with E-state index in [-0.39, 0.29) is 5.91 Å². The first-order valence-corrected chi connectivity index (χ1v) is 6.61. The van der Waals surface area contributed by atoms with Crippen LogP contribution in [0.1, 0.15) is 26.3 Å². The quantitative estimate of drug-likeness (QED) is 0.832. The third kappa shape index (κ3) is 4.67. The molecule has 0 unspecified atom stereocenters. The number of nitrogens with one attached hydrogen (secondary N) is 2. The molecule has 0 aliphatic carbocycles. The maximum Gasteiger partial charge on any atom is 0.239 e. The van der Waals surface area contributed by atoms with Gasteiger partial charge in [0, 0.05) is 11.6 Å². The maximum atomic E-state index is 11.9. The average Bonchev–Trinajstić information content (AvgIpc) is 2.31. The highest BCUT2D eigenvalue weighted by atomic mass is 35.5. The summed E-state index contributed by atoms with van der Waals surface area (Å²) in [4.78, 5) is 11.9. The summed E-state index contributed by atoms with van der Waals surface area (Å²) < 4.78 is 0. The van der Waals surface area contributed by atoms with E-state index in [0.717, 1.165) is 18.0 Å². The molecule has 2 N–H and O–H groups in total. The van der Waals surface area contributed by atoms with Crippen molar-refractivity contribution in [3.63, 3.8) is 0 Å². The number of likely N-dealkylation sites (N-methyl/N-ethyl adjacent to an activating group) is 1. The Bertz CT molecular complexity index is 387. The molecule has 3 nitrogen and oxygen atoms in total. The minimum atomic E-state index is -0.519. The van der Waals surface area contributed by atoms with Gasteiger partial charge in [0.25, 0.3) is 0 Å². The molecular formula is C14H21ClN2O. The molecule has 0 bridgehead atoms. The van der Waals surface area contributed by atoms with Crippen LogP contribution >= 0.6 is 11.6 Å². The standard InChI is InChI=1S/C14H21ClN2O/c1-4-17-14(2,3)13(18)16-10-9-11-5-7-12(15)8-6-11/h5-8,17H,4,9-10H2,1-3H3,(H,16,18). The highest BCUT2D eigenvalue weighted by Gasteiger charge is 2.25. The Balaban J connectivity index is 2.37. The molecular weight excluding hydrogens is 248 g/mol. The second-order valence-corrected chi connectivity index (χ2v) is 5.22. The fourth-order valence-corrected chi connectivity index (χ4v) is 1.84. The van der Waals surface area contributed by atoms with Crippen LogP contribution in [-0.2, 0) is 11.2 Å². The first kappa shape index (κ1) is 15.0. The van der Waals surface area contributed by atoms with Gasteiger partial charge in [-0.3, -0.25) is 4.79 Å². The second kappa shape index (κ2) is 6.76. The van der Waals surface area contributed by atoms with Crippen molar-refractivity contribution in [3.05, 3.63) is 34.9 Å². The number of rotatable bonds is 6. The van der Waals surface area contributed by atoms with Crippen molar-refractivity contribution >= 4 is 17.5 Å². The predicted molar refractivity (Wildman–Crippen MR) is 75.9 cm³/mol. The zero-order chi connectivity index (χ0) is 13.6. The van der Waals surface area contributed by atoms with Gasteiger partial charge < -0.3 is 10.6 Å². The normalized spacial score (nSPS) is 11.3. The van der Waals surface area contributed by atoms with Crippen molar-refractivity contribution in [2.24, 2.45) is 0 Å². The van der Waals surface area contributed by atoms with Gasteiger partial charge >= 0.3 is 0 Å². The van der Waals surface area contributed by atoms with Gasteiger partial charge in [-0.1, -0.05) is 30.7 Å². The molecule has 0 aromatic heterocycles. The summed E-state index contributed by atoms with van der Waals surface area (Å²) in [5.41, 5.74) is 0.648. The van der Waals surface area contributed by atoms with Crippen LogP contribution in [0.4, 0.5) is 0 Å². The van der Waals surface area contributed by atoms with Crippen molar-refractivity contribution in [2.45, 2.75) is 32.7 Å². The zero-order valence-corrected chi connectivity index (χ0v) is 12.0. The van der Waals surface area contributed by atoms with E-state index >= 15 is 0 Å². The number of amides is 1. The van der Waals surface area contributed by atoms with Gasteiger partial charge in [0.05, 0.1) is 5.54 Å². The third-order valence-corrected chi connectivity index (χ3v) is 3.05. The monoisotopic (exact) mass is 268 g/mol. The summed E-state index contributed by atoms with van der Waals surface area (Å²) in [7, 11) is 0. The van der Waals surface area contributed by atoms with E-state index in [1.165, 1.54) is 5.56 Å². The Kier molecular flexibility index (Phi) is 5.63. The predicted octanol–water partition coefficient (Wildman–Crippen LogP) is 2.39. The van der Waals surface area contributed by atoms with Crippen LogP contribution in [0.5, 0.6) is 0 Å². The second-order valence-electron chi connectivity index (χ2n) is 4.79. The van der Waals surface area contributed by atoms with Crippen LogP contribution in [0.25, 0.3) is 0 Å². The van der Waals surface area contributed by atoms with Crippen LogP contribution in [0.2, 0.25) is 5.02 Å². The first-order chi connectivity index (χ1) is 8.45. The molecule has 1 amide bonds. The summed E-state index contributed by atoms with van der Waals surface area (Å²) >= 11 is 5.81. The number of hydrogen-bond acceptors (Lipinski definition) is 2. The van der Waals surface area contributed by atoms with Gasteiger partial charge in [-0.2, -0.15) is 0 Å². The van der Waals surface area contributed by atoms with E-state index in [1.807, 2.05) is 45.0 Å². The van der Waals surface area contributed by atoms with Gasteiger partial charge in [0.15, 0.2) is 0 Å². The minimum Gasteiger partial charge on any atom is -0.354 e. The van der Waals surface area contributed by atoms with Crippen molar-refractivity contribution in [1.29, 1.82) is 0 Å². The largest absolute Gasteiger partial charge is 0.354 e. The number of carbonyl (C=O) groups is 1. The summed E-state index contributed by atoms with van der Waals surface area (Å²) in [6.45, 7) is 7.16. The van der Waals surface area contributed by atoms with E-state index in [9.17, 15) is 4.79 Å². The van der Waals surface area contributed by atoms with Crippen molar-refractivity contribution in [2.75, 3.05) is 13.1 Å². The molecule has 0 heterocycles. The number of hydrogen-bond donors (Lipinski definition) is 2. The zero-order valence-electron chi connectivity index (χ0n) is 11.2. The van der Waals surface area contributed by atoms with Gasteiger partial charge in [0.1, 0.15) is 0 Å². The van der Waals surface area contributed by atoms with Crippen LogP contribution < -0.4 is 10.6 Å². The van der Waals surface area contributed by atoms with Gasteiger partial charge in [-0.15, -0.1) is 0 Å². The number of carbonyl (C=O) groups excluding carboxylic acids is 1. The number of halogens is 1. The van der Waals surface area contributed by atoms with E-state index < -0.39 is 5.54 Å². The lowest BCUT2D eigenvalue weighted by Crippen LogP contribution is -2.52. The average molecular weight is 269 g/mol. The molecule has 100 valence electrons. The van der Waals surface area contributed by atoms with E-state index in [4.69, 9.17) is 11.6 Å². The van der Waals surface area contributed by atoms with Crippen molar-refractivity contribution in [1.82, 2.24) is 10.6 Å². The molecule has 18 heavy (non-hydrogen) atoms. The van der Waals surface area contributed by atoms with E-state index in [0.29, 0.717) is 6.54 Å². The Morgan fingerprint density at radius 1 is 1.28 bits per heavy atom. The van der Waals surface area contributed by atoms with Crippen LogP contribution in [0.15, 0.2) is 24.3 Å². The fraction of sp³-hybridized carbons (Fsp3) is 0.500.